The maximum atomic E-state index is 12.5. The number of nitrogens with zero attached hydrogens (tertiary/aromatic N) is 5. The van der Waals surface area contributed by atoms with Crippen molar-refractivity contribution < 1.29 is 17.9 Å². The van der Waals surface area contributed by atoms with Gasteiger partial charge in [0.25, 0.3) is 0 Å². The van der Waals surface area contributed by atoms with Crippen LogP contribution in [0.1, 0.15) is 34.1 Å². The maximum Gasteiger partial charge on any atom is 0.410 e. The molecule has 31 heavy (non-hydrogen) atoms. The van der Waals surface area contributed by atoms with Gasteiger partial charge in [0.1, 0.15) is 11.4 Å². The molecule has 168 valence electrons. The summed E-state index contributed by atoms with van der Waals surface area (Å²) in [6.45, 7) is 9.51. The number of carbonyl (C=O) groups is 1. The molecule has 1 fully saturated rings. The quantitative estimate of drug-likeness (QED) is 0.659. The molecule has 10 heteroatoms. The van der Waals surface area contributed by atoms with E-state index in [1.807, 2.05) is 32.9 Å². The van der Waals surface area contributed by atoms with E-state index < -0.39 is 15.4 Å². The zero-order valence-electron chi connectivity index (χ0n) is 18.6. The van der Waals surface area contributed by atoms with Gasteiger partial charge in [-0.15, -0.1) is 0 Å². The van der Waals surface area contributed by atoms with E-state index >= 15 is 0 Å². The Labute approximate surface area is 183 Å². The van der Waals surface area contributed by atoms with Gasteiger partial charge in [-0.2, -0.15) is 0 Å². The molecule has 1 unspecified atom stereocenters. The Morgan fingerprint density at radius 1 is 1.19 bits per heavy atom. The number of carbonyl (C=O) groups excluding carboxylic acids is 1. The predicted molar refractivity (Wildman–Crippen MR) is 118 cm³/mol. The molecule has 1 amide bonds. The van der Waals surface area contributed by atoms with Crippen LogP contribution in [0.2, 0.25) is 0 Å². The Hall–Kier alpha value is -2.75. The molecule has 1 saturated heterocycles. The Morgan fingerprint density at radius 2 is 1.94 bits per heavy atom. The smallest absolute Gasteiger partial charge is 0.410 e. The van der Waals surface area contributed by atoms with Gasteiger partial charge < -0.3 is 14.5 Å². The molecule has 0 aliphatic carbocycles. The molecule has 0 bridgehead atoms. The lowest BCUT2D eigenvalue weighted by Gasteiger charge is -2.41. The molecular weight excluding hydrogens is 418 g/mol. The Bertz CT molecular complexity index is 1030. The summed E-state index contributed by atoms with van der Waals surface area (Å²) in [4.78, 5) is 29.0. The average Bonchev–Trinajstić information content (AvgIpc) is 2.71. The number of hydrogen-bond donors (Lipinski definition) is 0. The lowest BCUT2D eigenvalue weighted by molar-refractivity contribution is 0.0136. The van der Waals surface area contributed by atoms with Gasteiger partial charge >= 0.3 is 6.09 Å². The summed E-state index contributed by atoms with van der Waals surface area (Å²) in [7, 11) is -3.48. The third kappa shape index (κ3) is 5.69. The third-order valence-corrected chi connectivity index (χ3v) is 5.77. The van der Waals surface area contributed by atoms with Crippen molar-refractivity contribution in [2.45, 2.75) is 50.9 Å². The summed E-state index contributed by atoms with van der Waals surface area (Å²) in [6, 6.07) is 5.42. The van der Waals surface area contributed by atoms with Crippen LogP contribution >= 0.6 is 0 Å². The Balaban J connectivity index is 1.73. The highest BCUT2D eigenvalue weighted by molar-refractivity contribution is 7.90. The van der Waals surface area contributed by atoms with Crippen LogP contribution in [-0.4, -0.2) is 71.9 Å². The molecule has 0 saturated carbocycles. The first-order valence-electron chi connectivity index (χ1n) is 10.2. The van der Waals surface area contributed by atoms with Crippen LogP contribution in [0.25, 0.3) is 11.3 Å². The van der Waals surface area contributed by atoms with Crippen molar-refractivity contribution >= 4 is 21.7 Å². The van der Waals surface area contributed by atoms with Gasteiger partial charge in [-0.1, -0.05) is 6.92 Å². The molecule has 2 aromatic rings. The Morgan fingerprint density at radius 3 is 2.52 bits per heavy atom. The number of hydrogen-bond acceptors (Lipinski definition) is 8. The lowest BCUT2D eigenvalue weighted by atomic mass is 10.1. The number of piperazine rings is 1. The van der Waals surface area contributed by atoms with Crippen LogP contribution in [-0.2, 0) is 14.6 Å². The first kappa shape index (κ1) is 22.9. The molecule has 0 aromatic carbocycles. The molecule has 1 atom stereocenters. The van der Waals surface area contributed by atoms with Crippen molar-refractivity contribution in [3.8, 4) is 11.3 Å². The van der Waals surface area contributed by atoms with Crippen molar-refractivity contribution in [1.29, 1.82) is 0 Å². The fourth-order valence-electron chi connectivity index (χ4n) is 3.38. The van der Waals surface area contributed by atoms with Gasteiger partial charge in [0.05, 0.1) is 11.7 Å². The number of anilines is 1. The molecule has 3 rings (SSSR count). The number of sulfone groups is 1. The van der Waals surface area contributed by atoms with E-state index in [1.54, 1.807) is 17.2 Å². The van der Waals surface area contributed by atoms with Crippen molar-refractivity contribution in [1.82, 2.24) is 19.9 Å². The largest absolute Gasteiger partial charge is 0.444 e. The normalized spacial score (nSPS) is 17.5. The van der Waals surface area contributed by atoms with Crippen molar-refractivity contribution in [3.05, 3.63) is 30.6 Å². The maximum absolute atomic E-state index is 12.5. The third-order valence-electron chi connectivity index (χ3n) is 4.91. The van der Waals surface area contributed by atoms with E-state index in [-0.39, 0.29) is 17.3 Å². The van der Waals surface area contributed by atoms with Gasteiger partial charge in [-0.25, -0.2) is 28.2 Å². The zero-order valence-corrected chi connectivity index (χ0v) is 19.4. The van der Waals surface area contributed by atoms with E-state index in [1.165, 1.54) is 6.20 Å². The van der Waals surface area contributed by atoms with Gasteiger partial charge in [-0.3, -0.25) is 0 Å². The van der Waals surface area contributed by atoms with E-state index in [0.717, 1.165) is 18.5 Å². The molecule has 1 aliphatic rings. The SMILES string of the molecule is CCC1CN(c2ccc(-c3ccnc(S(C)(=O)=O)n3)cn2)CCN1C(=O)OC(C)(C)C. The van der Waals surface area contributed by atoms with E-state index in [4.69, 9.17) is 4.74 Å². The fraction of sp³-hybridized carbons (Fsp3) is 0.524. The number of amides is 1. The van der Waals surface area contributed by atoms with E-state index in [2.05, 4.69) is 26.8 Å². The lowest BCUT2D eigenvalue weighted by Crippen LogP contribution is -2.56. The van der Waals surface area contributed by atoms with E-state index in [0.29, 0.717) is 30.9 Å². The van der Waals surface area contributed by atoms with Gasteiger partial charge in [0.15, 0.2) is 0 Å². The topological polar surface area (TPSA) is 106 Å². The predicted octanol–water partition coefficient (Wildman–Crippen LogP) is 2.78. The monoisotopic (exact) mass is 447 g/mol. The second-order valence-corrected chi connectivity index (χ2v) is 10.5. The van der Waals surface area contributed by atoms with Crippen molar-refractivity contribution in [3.63, 3.8) is 0 Å². The number of aromatic nitrogens is 3. The number of pyridine rings is 1. The molecule has 3 heterocycles. The number of rotatable bonds is 4. The summed E-state index contributed by atoms with van der Waals surface area (Å²) in [5, 5.41) is -0.210. The highest BCUT2D eigenvalue weighted by atomic mass is 32.2. The molecule has 0 N–H and O–H groups in total. The summed E-state index contributed by atoms with van der Waals surface area (Å²) in [5.74, 6) is 0.795. The highest BCUT2D eigenvalue weighted by Gasteiger charge is 2.32. The second-order valence-electron chi connectivity index (χ2n) is 8.58. The molecular formula is C21H29N5O4S. The van der Waals surface area contributed by atoms with Crippen LogP contribution < -0.4 is 4.90 Å². The standard InChI is InChI=1S/C21H29N5O4S/c1-6-16-14-25(11-12-26(16)20(27)30-21(2,3)4)18-8-7-15(13-23-18)17-9-10-22-19(24-17)31(5,28)29/h7-10,13,16H,6,11-12,14H2,1-5H3. The summed E-state index contributed by atoms with van der Waals surface area (Å²) < 4.78 is 29.0. The average molecular weight is 448 g/mol. The second kappa shape index (κ2) is 8.78. The molecule has 0 spiro atoms. The minimum absolute atomic E-state index is 0.0317. The van der Waals surface area contributed by atoms with Crippen LogP contribution in [0.15, 0.2) is 35.7 Å². The molecule has 0 radical (unpaired) electrons. The summed E-state index contributed by atoms with van der Waals surface area (Å²) in [6.07, 6.45) is 4.70. The first-order chi connectivity index (χ1) is 14.5. The number of ether oxygens (including phenoxy) is 1. The minimum atomic E-state index is -3.48. The summed E-state index contributed by atoms with van der Waals surface area (Å²) in [5.41, 5.74) is 0.674. The van der Waals surface area contributed by atoms with Crippen LogP contribution in [0.5, 0.6) is 0 Å². The fourth-order valence-corrected chi connectivity index (χ4v) is 3.90. The Kier molecular flexibility index (Phi) is 6.49. The van der Waals surface area contributed by atoms with Gasteiger partial charge in [0, 0.05) is 43.8 Å². The zero-order chi connectivity index (χ0) is 22.8. The van der Waals surface area contributed by atoms with Crippen LogP contribution in [0.3, 0.4) is 0 Å². The van der Waals surface area contributed by atoms with Crippen molar-refractivity contribution in [2.24, 2.45) is 0 Å². The molecule has 9 nitrogen and oxygen atoms in total. The van der Waals surface area contributed by atoms with Crippen molar-refractivity contribution in [2.75, 3.05) is 30.8 Å². The van der Waals surface area contributed by atoms with Crippen LogP contribution in [0.4, 0.5) is 10.6 Å². The minimum Gasteiger partial charge on any atom is -0.444 e. The summed E-state index contributed by atoms with van der Waals surface area (Å²) >= 11 is 0. The molecule has 1 aliphatic heterocycles. The van der Waals surface area contributed by atoms with Gasteiger partial charge in [0.2, 0.25) is 15.0 Å². The first-order valence-corrected chi connectivity index (χ1v) is 12.1. The van der Waals surface area contributed by atoms with E-state index in [9.17, 15) is 13.2 Å². The highest BCUT2D eigenvalue weighted by Crippen LogP contribution is 2.24. The van der Waals surface area contributed by atoms with Crippen LogP contribution in [0, 0.1) is 0 Å². The molecule has 2 aromatic heterocycles. The van der Waals surface area contributed by atoms with Gasteiger partial charge in [-0.05, 0) is 45.4 Å².